The van der Waals surface area contributed by atoms with Crippen LogP contribution in [0.2, 0.25) is 0 Å². The Kier molecular flexibility index (Phi) is 4.67. The maximum atomic E-state index is 5.07. The maximum Gasteiger partial charge on any atom is 0.0972 e. The van der Waals surface area contributed by atoms with Crippen LogP contribution in [0.25, 0.3) is 71.7 Å². The number of fused-ring (bicyclic) bond motifs is 10. The first-order valence-corrected chi connectivity index (χ1v) is 14.5. The van der Waals surface area contributed by atoms with Crippen LogP contribution in [0, 0.1) is 0 Å². The number of pyridine rings is 2. The topological polar surface area (TPSA) is 30.7 Å². The highest BCUT2D eigenvalue weighted by Gasteiger charge is 2.37. The fourth-order valence-corrected chi connectivity index (χ4v) is 7.20. The Labute approximate surface area is 243 Å². The first kappa shape index (κ1) is 23.4. The van der Waals surface area contributed by atoms with Gasteiger partial charge in [0, 0.05) is 44.4 Å². The molecule has 0 bridgehead atoms. The molecule has 0 amide bonds. The van der Waals surface area contributed by atoms with Crippen molar-refractivity contribution in [2.75, 3.05) is 0 Å². The molecule has 0 saturated heterocycles. The molecule has 0 spiro atoms. The maximum absolute atomic E-state index is 5.07. The predicted molar refractivity (Wildman–Crippen MR) is 174 cm³/mol. The van der Waals surface area contributed by atoms with Gasteiger partial charge >= 0.3 is 0 Å². The van der Waals surface area contributed by atoms with Gasteiger partial charge in [-0.3, -0.25) is 4.98 Å². The second-order valence-electron chi connectivity index (χ2n) is 11.9. The molecule has 3 aromatic heterocycles. The zero-order chi connectivity index (χ0) is 28.0. The van der Waals surface area contributed by atoms with E-state index in [0.717, 1.165) is 38.8 Å². The first-order valence-electron chi connectivity index (χ1n) is 14.5. The molecule has 3 nitrogen and oxygen atoms in total. The zero-order valence-electron chi connectivity index (χ0n) is 23.5. The summed E-state index contributed by atoms with van der Waals surface area (Å²) >= 11 is 0. The minimum atomic E-state index is -0.0291. The molecule has 9 rings (SSSR count). The van der Waals surface area contributed by atoms with Gasteiger partial charge in [-0.25, -0.2) is 4.98 Å². The smallest absolute Gasteiger partial charge is 0.0972 e. The number of para-hydroxylation sites is 1. The highest BCUT2D eigenvalue weighted by atomic mass is 15.0. The normalized spacial score (nSPS) is 13.7. The summed E-state index contributed by atoms with van der Waals surface area (Å²) in [5.41, 5.74) is 13.0. The van der Waals surface area contributed by atoms with Crippen molar-refractivity contribution in [2.45, 2.75) is 19.3 Å². The summed E-state index contributed by atoms with van der Waals surface area (Å²) in [6.45, 7) is 4.70. The van der Waals surface area contributed by atoms with Crippen molar-refractivity contribution in [1.29, 1.82) is 0 Å². The molecule has 1 aliphatic carbocycles. The van der Waals surface area contributed by atoms with Crippen molar-refractivity contribution in [2.24, 2.45) is 0 Å². The molecule has 0 N–H and O–H groups in total. The molecular formula is C39H27N3. The van der Waals surface area contributed by atoms with E-state index in [-0.39, 0.29) is 5.41 Å². The molecule has 42 heavy (non-hydrogen) atoms. The Hall–Kier alpha value is -5.28. The Bertz CT molecular complexity index is 2380. The molecule has 0 radical (unpaired) electrons. The summed E-state index contributed by atoms with van der Waals surface area (Å²) in [5.74, 6) is 0. The van der Waals surface area contributed by atoms with Crippen LogP contribution in [0.5, 0.6) is 0 Å². The fraction of sp³-hybridized carbons (Fsp3) is 0.0769. The summed E-state index contributed by atoms with van der Waals surface area (Å²) in [7, 11) is 0. The summed E-state index contributed by atoms with van der Waals surface area (Å²) in [6, 6.07) is 43.8. The van der Waals surface area contributed by atoms with Gasteiger partial charge in [-0.05, 0) is 58.7 Å². The minimum Gasteiger partial charge on any atom is -0.309 e. The third kappa shape index (κ3) is 3.11. The van der Waals surface area contributed by atoms with Crippen LogP contribution in [-0.2, 0) is 5.41 Å². The Morgan fingerprint density at radius 1 is 0.595 bits per heavy atom. The van der Waals surface area contributed by atoms with Crippen LogP contribution in [0.15, 0.2) is 128 Å². The standard InChI is InChI=1S/C39H27N3/c1-39(2)30-11-5-3-9-28(30)35-31(39)20-22-34-36(35)29-10-4-6-12-33(29)42(34)27-18-15-24(16-19-27)32-21-17-26-14-13-25-8-7-23-40-37(25)38(26)41-32/h3-23H,1-2H3. The molecule has 5 aromatic carbocycles. The number of nitrogens with zero attached hydrogens (tertiary/aromatic N) is 3. The Balaban J connectivity index is 1.23. The van der Waals surface area contributed by atoms with Crippen molar-refractivity contribution in [3.05, 3.63) is 139 Å². The number of benzene rings is 5. The molecule has 0 aliphatic heterocycles. The van der Waals surface area contributed by atoms with E-state index in [9.17, 15) is 0 Å². The molecule has 0 atom stereocenters. The van der Waals surface area contributed by atoms with Gasteiger partial charge in [0.1, 0.15) is 0 Å². The van der Waals surface area contributed by atoms with E-state index in [2.05, 4.69) is 139 Å². The van der Waals surface area contributed by atoms with E-state index in [1.165, 1.54) is 44.1 Å². The lowest BCUT2D eigenvalue weighted by Crippen LogP contribution is -2.14. The third-order valence-electron chi connectivity index (χ3n) is 9.24. The van der Waals surface area contributed by atoms with E-state index in [1.54, 1.807) is 0 Å². The number of aromatic nitrogens is 3. The Morgan fingerprint density at radius 3 is 2.24 bits per heavy atom. The van der Waals surface area contributed by atoms with Crippen molar-refractivity contribution in [3.8, 4) is 28.1 Å². The van der Waals surface area contributed by atoms with E-state index in [1.807, 2.05) is 12.3 Å². The minimum absolute atomic E-state index is 0.0291. The van der Waals surface area contributed by atoms with Crippen LogP contribution in [0.4, 0.5) is 0 Å². The average molecular weight is 538 g/mol. The molecule has 198 valence electrons. The van der Waals surface area contributed by atoms with Gasteiger partial charge in [0.05, 0.1) is 27.8 Å². The largest absolute Gasteiger partial charge is 0.309 e. The van der Waals surface area contributed by atoms with Crippen molar-refractivity contribution < 1.29 is 0 Å². The summed E-state index contributed by atoms with van der Waals surface area (Å²) in [4.78, 5) is 9.70. The molecular weight excluding hydrogens is 510 g/mol. The molecule has 3 heterocycles. The van der Waals surface area contributed by atoms with Crippen LogP contribution in [0.1, 0.15) is 25.0 Å². The Morgan fingerprint density at radius 2 is 1.36 bits per heavy atom. The van der Waals surface area contributed by atoms with Crippen molar-refractivity contribution in [3.63, 3.8) is 0 Å². The van der Waals surface area contributed by atoms with Crippen LogP contribution in [0.3, 0.4) is 0 Å². The quantitative estimate of drug-likeness (QED) is 0.205. The van der Waals surface area contributed by atoms with Gasteiger partial charge in [0.2, 0.25) is 0 Å². The zero-order valence-corrected chi connectivity index (χ0v) is 23.5. The molecule has 0 unspecified atom stereocenters. The molecule has 8 aromatic rings. The van der Waals surface area contributed by atoms with Gasteiger partial charge < -0.3 is 4.57 Å². The van der Waals surface area contributed by atoms with E-state index in [4.69, 9.17) is 4.98 Å². The van der Waals surface area contributed by atoms with E-state index >= 15 is 0 Å². The van der Waals surface area contributed by atoms with Crippen LogP contribution in [-0.4, -0.2) is 14.5 Å². The third-order valence-corrected chi connectivity index (χ3v) is 9.24. The fourth-order valence-electron chi connectivity index (χ4n) is 7.20. The lowest BCUT2D eigenvalue weighted by Gasteiger charge is -2.21. The van der Waals surface area contributed by atoms with Gasteiger partial charge in [-0.2, -0.15) is 0 Å². The number of rotatable bonds is 2. The van der Waals surface area contributed by atoms with E-state index < -0.39 is 0 Å². The second kappa shape index (κ2) is 8.37. The van der Waals surface area contributed by atoms with Gasteiger partial charge in [-0.1, -0.05) is 98.8 Å². The molecule has 0 saturated carbocycles. The molecule has 1 aliphatic rings. The predicted octanol–water partition coefficient (Wildman–Crippen LogP) is 9.85. The van der Waals surface area contributed by atoms with Gasteiger partial charge in [0.25, 0.3) is 0 Å². The highest BCUT2D eigenvalue weighted by Crippen LogP contribution is 2.53. The summed E-state index contributed by atoms with van der Waals surface area (Å²) in [6.07, 6.45) is 1.84. The molecule has 0 fully saturated rings. The van der Waals surface area contributed by atoms with Crippen LogP contribution < -0.4 is 0 Å². The number of hydrogen-bond donors (Lipinski definition) is 0. The van der Waals surface area contributed by atoms with Crippen molar-refractivity contribution >= 4 is 43.6 Å². The van der Waals surface area contributed by atoms with Gasteiger partial charge in [-0.15, -0.1) is 0 Å². The number of hydrogen-bond acceptors (Lipinski definition) is 2. The SMILES string of the molecule is CC1(C)c2ccccc2-c2c1ccc1c2c2ccccc2n1-c1ccc(-c2ccc3ccc4cccnc4c3n2)cc1. The summed E-state index contributed by atoms with van der Waals surface area (Å²) < 4.78 is 2.41. The van der Waals surface area contributed by atoms with Crippen molar-refractivity contribution in [1.82, 2.24) is 14.5 Å². The first-order chi connectivity index (χ1) is 20.6. The lowest BCUT2D eigenvalue weighted by atomic mass is 9.82. The highest BCUT2D eigenvalue weighted by molar-refractivity contribution is 6.18. The van der Waals surface area contributed by atoms with E-state index in [0.29, 0.717) is 0 Å². The second-order valence-corrected chi connectivity index (χ2v) is 11.9. The lowest BCUT2D eigenvalue weighted by molar-refractivity contribution is 0.661. The van der Waals surface area contributed by atoms with Gasteiger partial charge in [0.15, 0.2) is 0 Å². The monoisotopic (exact) mass is 537 g/mol. The molecule has 3 heteroatoms. The average Bonchev–Trinajstić information content (AvgIpc) is 3.50. The summed E-state index contributed by atoms with van der Waals surface area (Å²) in [5, 5.41) is 4.83. The van der Waals surface area contributed by atoms with Crippen LogP contribution >= 0.6 is 0 Å².